The van der Waals surface area contributed by atoms with Gasteiger partial charge < -0.3 is 5.32 Å². The molecule has 1 N–H and O–H groups in total. The molecular formula is C15H17N3OS. The number of aryl methyl sites for hydroxylation is 1. The van der Waals surface area contributed by atoms with Gasteiger partial charge in [-0.15, -0.1) is 0 Å². The number of anilines is 1. The molecular weight excluding hydrogens is 270 g/mol. The lowest BCUT2D eigenvalue weighted by Crippen LogP contribution is -2.10. The first-order chi connectivity index (χ1) is 9.70. The third-order valence-electron chi connectivity index (χ3n) is 2.73. The molecule has 0 atom stereocenters. The van der Waals surface area contributed by atoms with E-state index in [1.165, 1.54) is 11.3 Å². The first kappa shape index (κ1) is 14.4. The molecule has 0 spiro atoms. The van der Waals surface area contributed by atoms with E-state index in [2.05, 4.69) is 15.3 Å². The molecule has 0 aliphatic carbocycles. The first-order valence-corrected chi connectivity index (χ1v) is 7.31. The Morgan fingerprint density at radius 1 is 1.50 bits per heavy atom. The van der Waals surface area contributed by atoms with E-state index >= 15 is 0 Å². The largest absolute Gasteiger partial charge is 0.316 e. The Bertz CT molecular complexity index is 605. The van der Waals surface area contributed by atoms with Crippen LogP contribution in [-0.2, 0) is 4.79 Å². The van der Waals surface area contributed by atoms with Crippen molar-refractivity contribution in [3.63, 3.8) is 0 Å². The molecule has 2 heterocycles. The van der Waals surface area contributed by atoms with Gasteiger partial charge in [-0.2, -0.15) is 0 Å². The van der Waals surface area contributed by atoms with Crippen LogP contribution in [0.15, 0.2) is 36.7 Å². The van der Waals surface area contributed by atoms with Crippen LogP contribution >= 0.6 is 11.3 Å². The van der Waals surface area contributed by atoms with Gasteiger partial charge >= 0.3 is 0 Å². The quantitative estimate of drug-likeness (QED) is 0.851. The van der Waals surface area contributed by atoms with E-state index in [0.717, 1.165) is 27.7 Å². The van der Waals surface area contributed by atoms with Gasteiger partial charge in [0.05, 0.1) is 5.69 Å². The Morgan fingerprint density at radius 2 is 2.35 bits per heavy atom. The van der Waals surface area contributed by atoms with Crippen LogP contribution in [0, 0.1) is 6.92 Å². The van der Waals surface area contributed by atoms with Gasteiger partial charge in [-0.3, -0.25) is 9.78 Å². The highest BCUT2D eigenvalue weighted by Gasteiger charge is 2.11. The Balaban J connectivity index is 2.06. The predicted molar refractivity (Wildman–Crippen MR) is 82.8 cm³/mol. The molecule has 0 radical (unpaired) electrons. The van der Waals surface area contributed by atoms with Gasteiger partial charge in [0.1, 0.15) is 10.0 Å². The molecule has 0 aromatic carbocycles. The van der Waals surface area contributed by atoms with E-state index in [0.29, 0.717) is 6.42 Å². The number of hydrogen-bond acceptors (Lipinski definition) is 4. The molecule has 1 amide bonds. The molecule has 0 bridgehead atoms. The third-order valence-corrected chi connectivity index (χ3v) is 3.85. The summed E-state index contributed by atoms with van der Waals surface area (Å²) in [7, 11) is 0. The summed E-state index contributed by atoms with van der Waals surface area (Å²) < 4.78 is 0. The maximum Gasteiger partial charge on any atom is 0.225 e. The van der Waals surface area contributed by atoms with E-state index in [-0.39, 0.29) is 5.91 Å². The topological polar surface area (TPSA) is 54.9 Å². The number of nitrogens with one attached hydrogen (secondary N) is 1. The monoisotopic (exact) mass is 287 g/mol. The molecule has 0 unspecified atom stereocenters. The molecule has 0 aliphatic rings. The van der Waals surface area contributed by atoms with Crippen LogP contribution in [-0.4, -0.2) is 15.9 Å². The highest BCUT2D eigenvalue weighted by atomic mass is 32.1. The van der Waals surface area contributed by atoms with Crippen LogP contribution in [0.25, 0.3) is 10.6 Å². The molecule has 0 fully saturated rings. The lowest BCUT2D eigenvalue weighted by atomic mass is 10.3. The summed E-state index contributed by atoms with van der Waals surface area (Å²) in [5.41, 5.74) is 1.81. The Kier molecular flexibility index (Phi) is 5.01. The molecule has 4 nitrogen and oxygen atoms in total. The number of thiazole rings is 1. The summed E-state index contributed by atoms with van der Waals surface area (Å²) in [5, 5.41) is 4.61. The van der Waals surface area contributed by atoms with E-state index in [1.807, 2.05) is 38.1 Å². The van der Waals surface area contributed by atoms with Gasteiger partial charge in [0.15, 0.2) is 0 Å². The third kappa shape index (κ3) is 3.74. The van der Waals surface area contributed by atoms with Gasteiger partial charge in [-0.25, -0.2) is 4.98 Å². The van der Waals surface area contributed by atoms with Crippen LogP contribution in [0.5, 0.6) is 0 Å². The average Bonchev–Trinajstić information content (AvgIpc) is 2.81. The minimum atomic E-state index is 0.0209. The van der Waals surface area contributed by atoms with Crippen molar-refractivity contribution in [3.05, 3.63) is 42.4 Å². The van der Waals surface area contributed by atoms with Crippen LogP contribution in [0.4, 0.5) is 5.00 Å². The SMILES string of the molecule is CC=CCCC(=O)Nc1sc(-c2cccnc2)nc1C. The molecule has 5 heteroatoms. The zero-order chi connectivity index (χ0) is 14.4. The van der Waals surface area contributed by atoms with Crippen LogP contribution in [0.1, 0.15) is 25.5 Å². The van der Waals surface area contributed by atoms with Crippen molar-refractivity contribution in [1.29, 1.82) is 0 Å². The van der Waals surface area contributed by atoms with Crippen molar-refractivity contribution < 1.29 is 4.79 Å². The molecule has 2 aromatic rings. The van der Waals surface area contributed by atoms with Crippen molar-refractivity contribution in [2.45, 2.75) is 26.7 Å². The summed E-state index contributed by atoms with van der Waals surface area (Å²) in [6.07, 6.45) is 8.69. The van der Waals surface area contributed by atoms with Crippen LogP contribution in [0.2, 0.25) is 0 Å². The normalized spacial score (nSPS) is 10.9. The van der Waals surface area contributed by atoms with Crippen molar-refractivity contribution in [2.75, 3.05) is 5.32 Å². The maximum atomic E-state index is 11.8. The van der Waals surface area contributed by atoms with Gasteiger partial charge in [-0.05, 0) is 32.4 Å². The van der Waals surface area contributed by atoms with Crippen molar-refractivity contribution >= 4 is 22.2 Å². The second-order valence-corrected chi connectivity index (χ2v) is 5.33. The molecule has 0 saturated heterocycles. The fourth-order valence-electron chi connectivity index (χ4n) is 1.70. The fraction of sp³-hybridized carbons (Fsp3) is 0.267. The second kappa shape index (κ2) is 6.96. The predicted octanol–water partition coefficient (Wildman–Crippen LogP) is 3.81. The number of hydrogen-bond donors (Lipinski definition) is 1. The van der Waals surface area contributed by atoms with Crippen LogP contribution in [0.3, 0.4) is 0 Å². The Labute approximate surface area is 122 Å². The Morgan fingerprint density at radius 3 is 3.05 bits per heavy atom. The molecule has 0 saturated carbocycles. The van der Waals surface area contributed by atoms with Gasteiger partial charge in [0, 0.05) is 24.4 Å². The number of rotatable bonds is 5. The second-order valence-electron chi connectivity index (χ2n) is 4.33. The standard InChI is InChI=1S/C15H17N3OS/c1-3-4-5-8-13(19)18-14-11(2)17-15(20-14)12-7-6-9-16-10-12/h3-4,6-7,9-10H,5,8H2,1-2H3,(H,18,19). The minimum Gasteiger partial charge on any atom is -0.316 e. The van der Waals surface area contributed by atoms with E-state index in [9.17, 15) is 4.79 Å². The Hall–Kier alpha value is -2.01. The van der Waals surface area contributed by atoms with Crippen molar-refractivity contribution in [3.8, 4) is 10.6 Å². The summed E-state index contributed by atoms with van der Waals surface area (Å²) in [4.78, 5) is 20.4. The summed E-state index contributed by atoms with van der Waals surface area (Å²) in [6, 6.07) is 3.84. The number of amides is 1. The minimum absolute atomic E-state index is 0.0209. The van der Waals surface area contributed by atoms with E-state index < -0.39 is 0 Å². The molecule has 20 heavy (non-hydrogen) atoms. The first-order valence-electron chi connectivity index (χ1n) is 6.49. The highest BCUT2D eigenvalue weighted by molar-refractivity contribution is 7.19. The summed E-state index contributed by atoms with van der Waals surface area (Å²) >= 11 is 1.48. The summed E-state index contributed by atoms with van der Waals surface area (Å²) in [6.45, 7) is 3.85. The number of carbonyl (C=O) groups is 1. The maximum absolute atomic E-state index is 11.8. The molecule has 2 rings (SSSR count). The summed E-state index contributed by atoms with van der Waals surface area (Å²) in [5.74, 6) is 0.0209. The van der Waals surface area contributed by atoms with Crippen molar-refractivity contribution in [1.82, 2.24) is 9.97 Å². The molecule has 104 valence electrons. The molecule has 2 aromatic heterocycles. The lowest BCUT2D eigenvalue weighted by molar-refractivity contribution is -0.116. The van der Waals surface area contributed by atoms with E-state index in [4.69, 9.17) is 0 Å². The highest BCUT2D eigenvalue weighted by Crippen LogP contribution is 2.31. The number of carbonyl (C=O) groups excluding carboxylic acids is 1. The van der Waals surface area contributed by atoms with Crippen LogP contribution < -0.4 is 5.32 Å². The number of aromatic nitrogens is 2. The zero-order valence-corrected chi connectivity index (χ0v) is 12.4. The lowest BCUT2D eigenvalue weighted by Gasteiger charge is -2.01. The smallest absolute Gasteiger partial charge is 0.225 e. The van der Waals surface area contributed by atoms with Gasteiger partial charge in [0.2, 0.25) is 5.91 Å². The zero-order valence-electron chi connectivity index (χ0n) is 11.6. The number of allylic oxidation sites excluding steroid dienone is 2. The molecule has 0 aliphatic heterocycles. The van der Waals surface area contributed by atoms with E-state index in [1.54, 1.807) is 12.4 Å². The fourth-order valence-corrected chi connectivity index (χ4v) is 2.67. The van der Waals surface area contributed by atoms with Crippen molar-refractivity contribution in [2.24, 2.45) is 0 Å². The van der Waals surface area contributed by atoms with Gasteiger partial charge in [0.25, 0.3) is 0 Å². The number of nitrogens with zero attached hydrogens (tertiary/aromatic N) is 2. The average molecular weight is 287 g/mol. The number of pyridine rings is 1. The van der Waals surface area contributed by atoms with Gasteiger partial charge in [-0.1, -0.05) is 23.5 Å².